The third-order valence-electron chi connectivity index (χ3n) is 5.56. The molecule has 0 aliphatic rings. The van der Waals surface area contributed by atoms with Crippen molar-refractivity contribution in [2.24, 2.45) is 0 Å². The van der Waals surface area contributed by atoms with Crippen molar-refractivity contribution in [2.75, 3.05) is 0 Å². The minimum atomic E-state index is -4.18. The van der Waals surface area contributed by atoms with E-state index in [4.69, 9.17) is 0 Å². The van der Waals surface area contributed by atoms with E-state index in [2.05, 4.69) is 9.44 Å². The third-order valence-corrected chi connectivity index (χ3v) is 12.7. The van der Waals surface area contributed by atoms with Crippen molar-refractivity contribution in [1.82, 2.24) is 9.44 Å². The molecule has 0 aliphatic heterocycles. The lowest BCUT2D eigenvalue weighted by Crippen LogP contribution is -2.54. The molecule has 10 nitrogen and oxygen atoms in total. The fourth-order valence-electron chi connectivity index (χ4n) is 3.17. The summed E-state index contributed by atoms with van der Waals surface area (Å²) in [5, 5.41) is 19.7. The van der Waals surface area contributed by atoms with E-state index in [1.54, 1.807) is 38.1 Å². The lowest BCUT2D eigenvalue weighted by atomic mass is 10.1. The smallest absolute Gasteiger partial charge is 0.323 e. The largest absolute Gasteiger partial charge is 0.480 e. The topological polar surface area (TPSA) is 167 Å². The lowest BCUT2D eigenvalue weighted by Gasteiger charge is -2.36. The van der Waals surface area contributed by atoms with Crippen LogP contribution in [-0.2, 0) is 29.6 Å². The molecule has 38 heavy (non-hydrogen) atoms. The van der Waals surface area contributed by atoms with Gasteiger partial charge in [0.05, 0.1) is 9.79 Å². The van der Waals surface area contributed by atoms with Crippen LogP contribution in [0.2, 0.25) is 0 Å². The molecule has 0 aliphatic carbocycles. The molecule has 0 aromatic heterocycles. The molecular weight excluding hydrogens is 573 g/mol. The normalized spacial score (nSPS) is 14.6. The predicted molar refractivity (Wildman–Crippen MR) is 149 cm³/mol. The number of rotatable bonds is 13. The van der Waals surface area contributed by atoms with Crippen LogP contribution in [-0.4, -0.2) is 60.6 Å². The van der Waals surface area contributed by atoms with E-state index >= 15 is 0 Å². The van der Waals surface area contributed by atoms with Gasteiger partial charge in [-0.25, -0.2) is 16.8 Å². The molecule has 2 atom stereocenters. The molecule has 0 saturated heterocycles. The molecule has 2 aromatic carbocycles. The van der Waals surface area contributed by atoms with Crippen LogP contribution in [0.15, 0.2) is 58.3 Å². The highest BCUT2D eigenvalue weighted by Crippen LogP contribution is 2.47. The van der Waals surface area contributed by atoms with Gasteiger partial charge in [0.2, 0.25) is 20.0 Å². The number of hydrogen-bond donors (Lipinski definition) is 4. The van der Waals surface area contributed by atoms with Gasteiger partial charge in [0.25, 0.3) is 0 Å². The molecule has 0 unspecified atom stereocenters. The summed E-state index contributed by atoms with van der Waals surface area (Å²) in [4.78, 5) is 24.0. The Balaban J connectivity index is 2.25. The fourth-order valence-corrected chi connectivity index (χ4v) is 8.80. The third kappa shape index (κ3) is 8.20. The summed E-state index contributed by atoms with van der Waals surface area (Å²) in [5.74, 6) is -2.85. The molecule has 0 heterocycles. The Kier molecular flexibility index (Phi) is 10.1. The Hall–Kier alpha value is -2.10. The van der Waals surface area contributed by atoms with E-state index < -0.39 is 53.6 Å². The number of aliphatic carboxylic acids is 2. The number of benzene rings is 2. The van der Waals surface area contributed by atoms with Gasteiger partial charge in [0, 0.05) is 9.49 Å². The van der Waals surface area contributed by atoms with E-state index in [9.17, 15) is 36.6 Å². The van der Waals surface area contributed by atoms with Gasteiger partial charge in [-0.15, -0.1) is 0 Å². The first-order valence-corrected chi connectivity index (χ1v) is 16.4. The maximum absolute atomic E-state index is 12.9. The van der Waals surface area contributed by atoms with Crippen LogP contribution in [0.3, 0.4) is 0 Å². The summed E-state index contributed by atoms with van der Waals surface area (Å²) in [6.45, 7) is 9.58. The predicted octanol–water partition coefficient (Wildman–Crippen LogP) is 3.41. The first kappa shape index (κ1) is 32.1. The van der Waals surface area contributed by atoms with Crippen molar-refractivity contribution in [3.63, 3.8) is 0 Å². The van der Waals surface area contributed by atoms with Gasteiger partial charge in [0.1, 0.15) is 12.1 Å². The van der Waals surface area contributed by atoms with Crippen molar-refractivity contribution >= 4 is 53.6 Å². The SMILES string of the molecule is Cc1ccc(S(=O)(=O)N[C@@H](C(=O)O)C(C)(C)SSC(C)(C)[C@@H](NS(=O)(=O)c2ccc(C)cc2)C(=O)O)cc1. The van der Waals surface area contributed by atoms with Crippen molar-refractivity contribution in [3.05, 3.63) is 59.7 Å². The number of carbonyl (C=O) groups is 2. The summed E-state index contributed by atoms with van der Waals surface area (Å²) in [5.41, 5.74) is 1.67. The maximum Gasteiger partial charge on any atom is 0.323 e. The fraction of sp³-hybridized carbons (Fsp3) is 0.417. The number of aryl methyl sites for hydroxylation is 2. The summed E-state index contributed by atoms with van der Waals surface area (Å²) in [7, 11) is -6.49. The number of carboxylic acids is 2. The highest BCUT2D eigenvalue weighted by atomic mass is 33.1. The number of nitrogens with one attached hydrogen (secondary N) is 2. The number of carboxylic acid groups (broad SMARTS) is 2. The van der Waals surface area contributed by atoms with Crippen molar-refractivity contribution in [3.8, 4) is 0 Å². The molecule has 14 heteroatoms. The molecule has 2 rings (SSSR count). The zero-order valence-corrected chi connectivity index (χ0v) is 25.0. The van der Waals surface area contributed by atoms with Gasteiger partial charge in [-0.05, 0) is 65.8 Å². The van der Waals surface area contributed by atoms with Crippen molar-refractivity contribution in [1.29, 1.82) is 0 Å². The van der Waals surface area contributed by atoms with Gasteiger partial charge < -0.3 is 10.2 Å². The zero-order valence-electron chi connectivity index (χ0n) is 21.8. The quantitative estimate of drug-likeness (QED) is 0.249. The second-order valence-electron chi connectivity index (χ2n) is 9.78. The molecule has 0 spiro atoms. The van der Waals surface area contributed by atoms with Gasteiger partial charge in [-0.3, -0.25) is 9.59 Å². The highest BCUT2D eigenvalue weighted by molar-refractivity contribution is 8.77. The average molecular weight is 605 g/mol. The minimum absolute atomic E-state index is 0.0976. The summed E-state index contributed by atoms with van der Waals surface area (Å²) in [6.07, 6.45) is 0. The first-order chi connectivity index (χ1) is 17.3. The number of hydrogen-bond acceptors (Lipinski definition) is 8. The molecule has 0 amide bonds. The van der Waals surface area contributed by atoms with Crippen LogP contribution in [0.25, 0.3) is 0 Å². The van der Waals surface area contributed by atoms with Crippen molar-refractivity contribution in [2.45, 2.75) is 72.9 Å². The Morgan fingerprint density at radius 2 is 0.921 bits per heavy atom. The van der Waals surface area contributed by atoms with Gasteiger partial charge >= 0.3 is 11.9 Å². The monoisotopic (exact) mass is 604 g/mol. The second-order valence-corrected chi connectivity index (χ2v) is 16.7. The van der Waals surface area contributed by atoms with E-state index in [1.807, 2.05) is 0 Å². The average Bonchev–Trinajstić information content (AvgIpc) is 2.80. The number of sulfonamides is 2. The molecule has 0 bridgehead atoms. The molecule has 0 fully saturated rings. The molecule has 4 N–H and O–H groups in total. The molecule has 2 aromatic rings. The standard InChI is InChI=1S/C24H32N2O8S4/c1-15-7-11-17(12-8-15)37(31,32)25-19(21(27)28)23(3,4)35-36-24(5,6)20(22(29)30)26-38(33,34)18-13-9-16(2)10-14-18/h7-14,19-20,25-26H,1-6H3,(H,27,28)(H,29,30)/t19-,20-/m0/s1. The van der Waals surface area contributed by atoms with Crippen LogP contribution in [0.1, 0.15) is 38.8 Å². The van der Waals surface area contributed by atoms with Crippen LogP contribution in [0.5, 0.6) is 0 Å². The van der Waals surface area contributed by atoms with E-state index in [0.717, 1.165) is 32.7 Å². The molecular formula is C24H32N2O8S4. The summed E-state index contributed by atoms with van der Waals surface area (Å²) >= 11 is 0. The van der Waals surface area contributed by atoms with Crippen LogP contribution in [0.4, 0.5) is 0 Å². The molecule has 0 saturated carbocycles. The van der Waals surface area contributed by atoms with Gasteiger partial charge in [-0.1, -0.05) is 57.0 Å². The van der Waals surface area contributed by atoms with Crippen LogP contribution < -0.4 is 9.44 Å². The van der Waals surface area contributed by atoms with Crippen molar-refractivity contribution < 1.29 is 36.6 Å². The first-order valence-electron chi connectivity index (χ1n) is 11.3. The molecule has 210 valence electrons. The van der Waals surface area contributed by atoms with E-state index in [1.165, 1.54) is 52.0 Å². The molecule has 0 radical (unpaired) electrons. The minimum Gasteiger partial charge on any atom is -0.480 e. The van der Waals surface area contributed by atoms with Gasteiger partial charge in [0.15, 0.2) is 0 Å². The second kappa shape index (κ2) is 12.0. The Bertz CT molecular complexity index is 1260. The Morgan fingerprint density at radius 3 is 1.16 bits per heavy atom. The van der Waals surface area contributed by atoms with Gasteiger partial charge in [-0.2, -0.15) is 9.44 Å². The highest BCUT2D eigenvalue weighted by Gasteiger charge is 2.44. The lowest BCUT2D eigenvalue weighted by molar-refractivity contribution is -0.140. The summed E-state index contributed by atoms with van der Waals surface area (Å²) < 4.78 is 53.4. The summed E-state index contributed by atoms with van der Waals surface area (Å²) in [6, 6.07) is 8.65. The zero-order chi connectivity index (χ0) is 29.1. The Labute approximate surface area is 231 Å². The van der Waals surface area contributed by atoms with E-state index in [0.29, 0.717) is 0 Å². The van der Waals surface area contributed by atoms with Crippen LogP contribution >= 0.6 is 21.6 Å². The van der Waals surface area contributed by atoms with E-state index in [-0.39, 0.29) is 9.79 Å². The Morgan fingerprint density at radius 1 is 0.658 bits per heavy atom. The maximum atomic E-state index is 12.9. The van der Waals surface area contributed by atoms with Crippen LogP contribution in [0, 0.1) is 13.8 Å².